The number of nitrogens with one attached hydrogen (secondary N) is 1. The summed E-state index contributed by atoms with van der Waals surface area (Å²) in [5.74, 6) is 0.645. The molecule has 0 bridgehead atoms. The summed E-state index contributed by atoms with van der Waals surface area (Å²) in [4.78, 5) is 12.7. The van der Waals surface area contributed by atoms with E-state index in [1.54, 1.807) is 0 Å². The number of hydrogen-bond donors (Lipinski definition) is 1. The summed E-state index contributed by atoms with van der Waals surface area (Å²) in [7, 11) is 0. The van der Waals surface area contributed by atoms with Gasteiger partial charge in [-0.1, -0.05) is 58.0 Å². The standard InChI is InChI=1S/C24H33NO2/c1-8-22(27-21-13-11-20(12-14-21)24(5,6)7)23(26)25-18(4)19-10-9-16(2)17(3)15-19/h9-15,18,22H,8H2,1-7H3,(H,25,26)/t18-,22-/m1/s1. The molecule has 0 heterocycles. The van der Waals surface area contributed by atoms with Gasteiger partial charge in [0.15, 0.2) is 6.10 Å². The monoisotopic (exact) mass is 367 g/mol. The van der Waals surface area contributed by atoms with Gasteiger partial charge in [0.25, 0.3) is 5.91 Å². The fraction of sp³-hybridized carbons (Fsp3) is 0.458. The molecule has 0 aliphatic heterocycles. The highest BCUT2D eigenvalue weighted by Crippen LogP contribution is 2.25. The summed E-state index contributed by atoms with van der Waals surface area (Å²) in [5, 5.41) is 3.09. The van der Waals surface area contributed by atoms with E-state index in [-0.39, 0.29) is 17.4 Å². The van der Waals surface area contributed by atoms with Crippen LogP contribution in [0, 0.1) is 13.8 Å². The minimum Gasteiger partial charge on any atom is -0.481 e. The Labute approximate surface area is 164 Å². The minimum absolute atomic E-state index is 0.0577. The highest BCUT2D eigenvalue weighted by atomic mass is 16.5. The number of rotatable bonds is 6. The van der Waals surface area contributed by atoms with Gasteiger partial charge >= 0.3 is 0 Å². The zero-order valence-corrected chi connectivity index (χ0v) is 17.7. The average molecular weight is 368 g/mol. The van der Waals surface area contributed by atoms with Crippen LogP contribution in [-0.4, -0.2) is 12.0 Å². The van der Waals surface area contributed by atoms with Crippen molar-refractivity contribution in [3.05, 3.63) is 64.7 Å². The quantitative estimate of drug-likeness (QED) is 0.718. The molecule has 0 radical (unpaired) electrons. The molecule has 0 aliphatic carbocycles. The summed E-state index contributed by atoms with van der Waals surface area (Å²) in [6.07, 6.45) is 0.117. The van der Waals surface area contributed by atoms with Crippen LogP contribution in [0.1, 0.15) is 69.3 Å². The number of amides is 1. The third-order valence-corrected chi connectivity index (χ3v) is 5.05. The molecule has 2 aromatic carbocycles. The Hall–Kier alpha value is -2.29. The van der Waals surface area contributed by atoms with Gasteiger partial charge in [0.05, 0.1) is 6.04 Å². The molecule has 2 aromatic rings. The van der Waals surface area contributed by atoms with Crippen LogP contribution >= 0.6 is 0 Å². The second-order valence-corrected chi connectivity index (χ2v) is 8.36. The van der Waals surface area contributed by atoms with E-state index in [9.17, 15) is 4.79 Å². The SMILES string of the molecule is CC[C@@H](Oc1ccc(C(C)(C)C)cc1)C(=O)N[C@H](C)c1ccc(C)c(C)c1. The number of carbonyl (C=O) groups excluding carboxylic acids is 1. The average Bonchev–Trinajstić information content (AvgIpc) is 2.61. The van der Waals surface area contributed by atoms with Crippen molar-refractivity contribution < 1.29 is 9.53 Å². The molecule has 146 valence electrons. The molecule has 0 aromatic heterocycles. The van der Waals surface area contributed by atoms with Crippen LogP contribution in [0.2, 0.25) is 0 Å². The van der Waals surface area contributed by atoms with E-state index in [0.29, 0.717) is 6.42 Å². The van der Waals surface area contributed by atoms with Gasteiger partial charge in [0.2, 0.25) is 0 Å². The van der Waals surface area contributed by atoms with Gasteiger partial charge in [0, 0.05) is 0 Å². The third kappa shape index (κ3) is 5.59. The van der Waals surface area contributed by atoms with Crippen LogP contribution in [0.15, 0.2) is 42.5 Å². The number of benzene rings is 2. The second kappa shape index (κ2) is 8.60. The van der Waals surface area contributed by atoms with E-state index in [2.05, 4.69) is 70.3 Å². The second-order valence-electron chi connectivity index (χ2n) is 8.36. The van der Waals surface area contributed by atoms with Gasteiger partial charge in [-0.15, -0.1) is 0 Å². The molecular weight excluding hydrogens is 334 g/mol. The largest absolute Gasteiger partial charge is 0.481 e. The Bertz CT molecular complexity index is 772. The lowest BCUT2D eigenvalue weighted by molar-refractivity contribution is -0.128. The van der Waals surface area contributed by atoms with E-state index < -0.39 is 6.10 Å². The van der Waals surface area contributed by atoms with Crippen LogP contribution in [0.25, 0.3) is 0 Å². The first-order valence-electron chi connectivity index (χ1n) is 9.76. The molecule has 27 heavy (non-hydrogen) atoms. The number of aryl methyl sites for hydroxylation is 2. The lowest BCUT2D eigenvalue weighted by atomic mass is 9.87. The highest BCUT2D eigenvalue weighted by Gasteiger charge is 2.21. The summed E-state index contributed by atoms with van der Waals surface area (Å²) >= 11 is 0. The van der Waals surface area contributed by atoms with Crippen molar-refractivity contribution >= 4 is 5.91 Å². The van der Waals surface area contributed by atoms with Crippen molar-refractivity contribution in [3.63, 3.8) is 0 Å². The molecule has 0 saturated heterocycles. The molecule has 0 saturated carbocycles. The van der Waals surface area contributed by atoms with Crippen LogP contribution in [0.4, 0.5) is 0 Å². The fourth-order valence-corrected chi connectivity index (χ4v) is 2.94. The fourth-order valence-electron chi connectivity index (χ4n) is 2.94. The number of carbonyl (C=O) groups is 1. The van der Waals surface area contributed by atoms with Crippen LogP contribution in [-0.2, 0) is 10.2 Å². The smallest absolute Gasteiger partial charge is 0.261 e. The molecule has 3 heteroatoms. The van der Waals surface area contributed by atoms with E-state index in [1.165, 1.54) is 16.7 Å². The number of hydrogen-bond acceptors (Lipinski definition) is 2. The van der Waals surface area contributed by atoms with Crippen molar-refractivity contribution in [1.82, 2.24) is 5.32 Å². The molecule has 2 rings (SSSR count). The minimum atomic E-state index is -0.500. The van der Waals surface area contributed by atoms with Gasteiger partial charge in [0.1, 0.15) is 5.75 Å². The van der Waals surface area contributed by atoms with Crippen molar-refractivity contribution in [3.8, 4) is 5.75 Å². The molecule has 0 spiro atoms. The molecule has 2 atom stereocenters. The Balaban J connectivity index is 2.03. The zero-order chi connectivity index (χ0) is 20.2. The van der Waals surface area contributed by atoms with Gasteiger partial charge in [-0.25, -0.2) is 0 Å². The van der Waals surface area contributed by atoms with Crippen LogP contribution in [0.3, 0.4) is 0 Å². The summed E-state index contributed by atoms with van der Waals surface area (Å²) < 4.78 is 5.96. The van der Waals surface area contributed by atoms with Crippen molar-refractivity contribution in [2.24, 2.45) is 0 Å². The van der Waals surface area contributed by atoms with Gasteiger partial charge in [-0.05, 0) is 67.0 Å². The van der Waals surface area contributed by atoms with Crippen molar-refractivity contribution in [2.75, 3.05) is 0 Å². The summed E-state index contributed by atoms with van der Waals surface area (Å²) in [5.41, 5.74) is 4.94. The van der Waals surface area contributed by atoms with Gasteiger partial charge in [-0.2, -0.15) is 0 Å². The normalized spacial score (nSPS) is 13.7. The third-order valence-electron chi connectivity index (χ3n) is 5.05. The zero-order valence-electron chi connectivity index (χ0n) is 17.7. The van der Waals surface area contributed by atoms with Crippen LogP contribution < -0.4 is 10.1 Å². The molecular formula is C24H33NO2. The lowest BCUT2D eigenvalue weighted by Crippen LogP contribution is -2.39. The molecule has 1 amide bonds. The summed E-state index contributed by atoms with van der Waals surface area (Å²) in [6.45, 7) is 14.7. The van der Waals surface area contributed by atoms with E-state index in [1.807, 2.05) is 26.0 Å². The molecule has 0 aliphatic rings. The topological polar surface area (TPSA) is 38.3 Å². The maximum Gasteiger partial charge on any atom is 0.261 e. The Morgan fingerprint density at radius 1 is 1.04 bits per heavy atom. The van der Waals surface area contributed by atoms with Crippen molar-refractivity contribution in [1.29, 1.82) is 0 Å². The molecule has 0 fully saturated rings. The first-order valence-corrected chi connectivity index (χ1v) is 9.76. The van der Waals surface area contributed by atoms with Crippen LogP contribution in [0.5, 0.6) is 5.75 Å². The predicted octanol–water partition coefficient (Wildman–Crippen LogP) is 5.64. The highest BCUT2D eigenvalue weighted by molar-refractivity contribution is 5.81. The molecule has 1 N–H and O–H groups in total. The van der Waals surface area contributed by atoms with E-state index >= 15 is 0 Å². The molecule has 0 unspecified atom stereocenters. The lowest BCUT2D eigenvalue weighted by Gasteiger charge is -2.22. The Kier molecular flexibility index (Phi) is 6.69. The van der Waals surface area contributed by atoms with Crippen molar-refractivity contribution in [2.45, 2.75) is 72.4 Å². The predicted molar refractivity (Wildman–Crippen MR) is 112 cm³/mol. The van der Waals surface area contributed by atoms with E-state index in [0.717, 1.165) is 11.3 Å². The Morgan fingerprint density at radius 3 is 2.19 bits per heavy atom. The molecule has 3 nitrogen and oxygen atoms in total. The van der Waals surface area contributed by atoms with Gasteiger partial charge < -0.3 is 10.1 Å². The van der Waals surface area contributed by atoms with Gasteiger partial charge in [-0.3, -0.25) is 4.79 Å². The number of ether oxygens (including phenoxy) is 1. The Morgan fingerprint density at radius 2 is 1.67 bits per heavy atom. The van der Waals surface area contributed by atoms with E-state index in [4.69, 9.17) is 4.74 Å². The first kappa shape index (κ1) is 21.0. The first-order chi connectivity index (χ1) is 12.6. The maximum atomic E-state index is 12.7. The summed E-state index contributed by atoms with van der Waals surface area (Å²) in [6, 6.07) is 14.3. The maximum absolute atomic E-state index is 12.7.